The lowest BCUT2D eigenvalue weighted by molar-refractivity contribution is -0.146. The summed E-state index contributed by atoms with van der Waals surface area (Å²) in [5.41, 5.74) is 0.969. The predicted molar refractivity (Wildman–Crippen MR) is 65.2 cm³/mol. The molecule has 2 rings (SSSR count). The number of rotatable bonds is 2. The molecule has 0 saturated carbocycles. The van der Waals surface area contributed by atoms with E-state index < -0.39 is 0 Å². The summed E-state index contributed by atoms with van der Waals surface area (Å²) in [4.78, 5) is 15.9. The van der Waals surface area contributed by atoms with Crippen LogP contribution in [-0.4, -0.2) is 22.6 Å². The smallest absolute Gasteiger partial charge is 0.309 e. The van der Waals surface area contributed by atoms with Gasteiger partial charge in [-0.2, -0.15) is 0 Å². The third-order valence-electron chi connectivity index (χ3n) is 3.25. The number of aromatic nitrogens is 2. The second kappa shape index (κ2) is 4.69. The van der Waals surface area contributed by atoms with E-state index >= 15 is 0 Å². The van der Waals surface area contributed by atoms with Crippen LogP contribution in [0, 0.1) is 5.92 Å². The zero-order chi connectivity index (χ0) is 12.6. The van der Waals surface area contributed by atoms with Crippen LogP contribution in [-0.2, 0) is 22.5 Å². The average Bonchev–Trinajstić information content (AvgIpc) is 2.65. The Morgan fingerprint density at radius 2 is 2.29 bits per heavy atom. The number of imidazole rings is 1. The zero-order valence-electron chi connectivity index (χ0n) is 10.4. The molecule has 2 heterocycles. The number of methoxy groups -OCH3 is 1. The Morgan fingerprint density at radius 3 is 2.88 bits per heavy atom. The molecule has 5 heteroatoms. The molecule has 0 bridgehead atoms. The Bertz CT molecular complexity index is 440. The first-order valence-electron chi connectivity index (χ1n) is 5.87. The number of hydrogen-bond acceptors (Lipinski definition) is 3. The summed E-state index contributed by atoms with van der Waals surface area (Å²) in [6, 6.07) is 0. The Kier molecular flexibility index (Phi) is 3.43. The highest BCUT2D eigenvalue weighted by molar-refractivity contribution is 6.30. The summed E-state index contributed by atoms with van der Waals surface area (Å²) in [5, 5.41) is 0.530. The Hall–Kier alpha value is -1.03. The summed E-state index contributed by atoms with van der Waals surface area (Å²) in [5.74, 6) is 1.12. The van der Waals surface area contributed by atoms with Crippen LogP contribution in [0.15, 0.2) is 0 Å². The third kappa shape index (κ3) is 2.18. The molecule has 1 atom stereocenters. The Balaban J connectivity index is 2.30. The predicted octanol–water partition coefficient (Wildman–Crippen LogP) is 2.40. The fourth-order valence-electron chi connectivity index (χ4n) is 2.35. The molecule has 1 unspecified atom stereocenters. The third-order valence-corrected chi connectivity index (χ3v) is 3.55. The van der Waals surface area contributed by atoms with Crippen molar-refractivity contribution in [3.63, 3.8) is 0 Å². The van der Waals surface area contributed by atoms with E-state index in [4.69, 9.17) is 16.3 Å². The number of carbonyl (C=O) groups excluding carboxylic acids is 1. The molecule has 94 valence electrons. The van der Waals surface area contributed by atoms with E-state index in [-0.39, 0.29) is 11.9 Å². The number of fused-ring (bicyclic) bond motifs is 1. The standard InChI is InChI=1S/C12H17ClN2O2/c1-7(2)11-14-10(13)9-6-8(12(16)17-3)4-5-15(9)11/h7-8H,4-6H2,1-3H3. The lowest BCUT2D eigenvalue weighted by Crippen LogP contribution is -2.27. The summed E-state index contributed by atoms with van der Waals surface area (Å²) in [6.45, 7) is 4.99. The molecule has 0 saturated heterocycles. The zero-order valence-corrected chi connectivity index (χ0v) is 11.1. The molecule has 1 aliphatic rings. The quantitative estimate of drug-likeness (QED) is 0.764. The molecule has 17 heavy (non-hydrogen) atoms. The normalized spacial score (nSPS) is 19.2. The molecular formula is C12H17ClN2O2. The molecule has 0 N–H and O–H groups in total. The van der Waals surface area contributed by atoms with Gasteiger partial charge in [0.25, 0.3) is 0 Å². The summed E-state index contributed by atoms with van der Waals surface area (Å²) >= 11 is 6.14. The topological polar surface area (TPSA) is 44.1 Å². The van der Waals surface area contributed by atoms with Crippen LogP contribution in [0.4, 0.5) is 0 Å². The minimum atomic E-state index is -0.153. The van der Waals surface area contributed by atoms with Gasteiger partial charge in [-0.25, -0.2) is 4.98 Å². The maximum absolute atomic E-state index is 11.5. The number of ether oxygens (including phenoxy) is 1. The van der Waals surface area contributed by atoms with Gasteiger partial charge in [-0.3, -0.25) is 4.79 Å². The largest absolute Gasteiger partial charge is 0.469 e. The first-order valence-corrected chi connectivity index (χ1v) is 6.25. The van der Waals surface area contributed by atoms with Crippen molar-refractivity contribution in [1.82, 2.24) is 9.55 Å². The summed E-state index contributed by atoms with van der Waals surface area (Å²) in [6.07, 6.45) is 1.43. The Labute approximate surface area is 106 Å². The van der Waals surface area contributed by atoms with Crippen molar-refractivity contribution < 1.29 is 9.53 Å². The van der Waals surface area contributed by atoms with Crippen LogP contribution in [0.1, 0.15) is 37.7 Å². The minimum absolute atomic E-state index is 0.0817. The number of nitrogens with zero attached hydrogens (tertiary/aromatic N) is 2. The van der Waals surface area contributed by atoms with Gasteiger partial charge in [0.15, 0.2) is 5.15 Å². The first-order chi connectivity index (χ1) is 8.04. The van der Waals surface area contributed by atoms with Crippen molar-refractivity contribution in [2.45, 2.75) is 39.2 Å². The van der Waals surface area contributed by atoms with Gasteiger partial charge >= 0.3 is 5.97 Å². The molecular weight excluding hydrogens is 240 g/mol. The lowest BCUT2D eigenvalue weighted by Gasteiger charge is -2.23. The molecule has 1 aliphatic heterocycles. The van der Waals surface area contributed by atoms with Crippen LogP contribution >= 0.6 is 11.6 Å². The minimum Gasteiger partial charge on any atom is -0.469 e. The van der Waals surface area contributed by atoms with Gasteiger partial charge in [0.2, 0.25) is 0 Å². The van der Waals surface area contributed by atoms with Gasteiger partial charge in [-0.15, -0.1) is 0 Å². The van der Waals surface area contributed by atoms with Crippen molar-refractivity contribution in [2.75, 3.05) is 7.11 Å². The van der Waals surface area contributed by atoms with Crippen molar-refractivity contribution in [2.24, 2.45) is 5.92 Å². The van der Waals surface area contributed by atoms with Gasteiger partial charge in [0.05, 0.1) is 18.7 Å². The van der Waals surface area contributed by atoms with Crippen LogP contribution < -0.4 is 0 Å². The van der Waals surface area contributed by atoms with Crippen molar-refractivity contribution >= 4 is 17.6 Å². The number of hydrogen-bond donors (Lipinski definition) is 0. The number of esters is 1. The molecule has 0 fully saturated rings. The van der Waals surface area contributed by atoms with Gasteiger partial charge < -0.3 is 9.30 Å². The second-order valence-electron chi connectivity index (χ2n) is 4.73. The summed E-state index contributed by atoms with van der Waals surface area (Å²) < 4.78 is 6.93. The van der Waals surface area contributed by atoms with Gasteiger partial charge in [-0.1, -0.05) is 25.4 Å². The molecule has 0 radical (unpaired) electrons. The molecule has 1 aromatic heterocycles. The van der Waals surface area contributed by atoms with Gasteiger partial charge in [0, 0.05) is 18.9 Å². The van der Waals surface area contributed by atoms with E-state index in [2.05, 4.69) is 23.4 Å². The van der Waals surface area contributed by atoms with Crippen molar-refractivity contribution in [3.05, 3.63) is 16.7 Å². The molecule has 0 aliphatic carbocycles. The molecule has 0 amide bonds. The highest BCUT2D eigenvalue weighted by atomic mass is 35.5. The summed E-state index contributed by atoms with van der Waals surface area (Å²) in [7, 11) is 1.43. The molecule has 4 nitrogen and oxygen atoms in total. The van der Waals surface area contributed by atoms with Crippen LogP contribution in [0.25, 0.3) is 0 Å². The second-order valence-corrected chi connectivity index (χ2v) is 5.08. The number of carbonyl (C=O) groups is 1. The number of halogens is 1. The van der Waals surface area contributed by atoms with E-state index in [1.54, 1.807) is 0 Å². The van der Waals surface area contributed by atoms with Crippen molar-refractivity contribution in [1.29, 1.82) is 0 Å². The fourth-order valence-corrected chi connectivity index (χ4v) is 2.61. The highest BCUT2D eigenvalue weighted by Crippen LogP contribution is 2.30. The molecule has 1 aromatic rings. The molecule has 0 spiro atoms. The van der Waals surface area contributed by atoms with E-state index in [0.29, 0.717) is 17.5 Å². The maximum Gasteiger partial charge on any atom is 0.309 e. The SMILES string of the molecule is COC(=O)C1CCn2c(C(C)C)nc(Cl)c2C1. The highest BCUT2D eigenvalue weighted by Gasteiger charge is 2.30. The van der Waals surface area contributed by atoms with Crippen LogP contribution in [0.5, 0.6) is 0 Å². The average molecular weight is 257 g/mol. The fraction of sp³-hybridized carbons (Fsp3) is 0.667. The van der Waals surface area contributed by atoms with E-state index in [1.165, 1.54) is 7.11 Å². The van der Waals surface area contributed by atoms with Crippen LogP contribution in [0.2, 0.25) is 5.15 Å². The van der Waals surface area contributed by atoms with E-state index in [1.807, 2.05) is 0 Å². The van der Waals surface area contributed by atoms with Crippen molar-refractivity contribution in [3.8, 4) is 0 Å². The monoisotopic (exact) mass is 256 g/mol. The van der Waals surface area contributed by atoms with E-state index in [9.17, 15) is 4.79 Å². The van der Waals surface area contributed by atoms with Gasteiger partial charge in [-0.05, 0) is 6.42 Å². The van der Waals surface area contributed by atoms with Gasteiger partial charge in [0.1, 0.15) is 5.82 Å². The molecule has 0 aromatic carbocycles. The first kappa shape index (κ1) is 12.4. The van der Waals surface area contributed by atoms with E-state index in [0.717, 1.165) is 24.5 Å². The van der Waals surface area contributed by atoms with Crippen LogP contribution in [0.3, 0.4) is 0 Å². The maximum atomic E-state index is 11.5. The Morgan fingerprint density at radius 1 is 1.59 bits per heavy atom. The lowest BCUT2D eigenvalue weighted by atomic mass is 9.96.